The molecule has 19 heavy (non-hydrogen) atoms. The van der Waals surface area contributed by atoms with Gasteiger partial charge in [-0.2, -0.15) is 0 Å². The Kier molecular flexibility index (Phi) is 4.58. The van der Waals surface area contributed by atoms with Gasteiger partial charge in [-0.05, 0) is 26.4 Å². The molecule has 1 aromatic heterocycles. The first kappa shape index (κ1) is 14.1. The third-order valence-electron chi connectivity index (χ3n) is 3.78. The zero-order chi connectivity index (χ0) is 13.8. The maximum Gasteiger partial charge on any atom is 0.252 e. The van der Waals surface area contributed by atoms with Crippen molar-refractivity contribution in [1.82, 2.24) is 14.9 Å². The van der Waals surface area contributed by atoms with Crippen LogP contribution in [0, 0.1) is 0 Å². The summed E-state index contributed by atoms with van der Waals surface area (Å²) in [5.74, 6) is 1.61. The number of H-pyrrole nitrogens is 1. The fourth-order valence-electron chi connectivity index (χ4n) is 2.70. The lowest BCUT2D eigenvalue weighted by Crippen LogP contribution is -2.41. The van der Waals surface area contributed by atoms with Crippen molar-refractivity contribution in [3.8, 4) is 0 Å². The second-order valence-corrected chi connectivity index (χ2v) is 5.28. The summed E-state index contributed by atoms with van der Waals surface area (Å²) >= 11 is 0. The summed E-state index contributed by atoms with van der Waals surface area (Å²) in [7, 11) is 2.16. The van der Waals surface area contributed by atoms with Crippen LogP contribution in [-0.4, -0.2) is 47.6 Å². The van der Waals surface area contributed by atoms with Crippen molar-refractivity contribution in [3.63, 3.8) is 0 Å². The number of anilines is 1. The molecule has 1 aromatic rings. The molecule has 106 valence electrons. The van der Waals surface area contributed by atoms with Crippen molar-refractivity contribution in [2.45, 2.75) is 39.2 Å². The van der Waals surface area contributed by atoms with Crippen LogP contribution in [0.3, 0.4) is 0 Å². The van der Waals surface area contributed by atoms with Gasteiger partial charge in [0, 0.05) is 31.6 Å². The lowest BCUT2D eigenvalue weighted by Gasteiger charge is -2.31. The molecule has 2 heterocycles. The standard InChI is InChI=1S/C14H24N4O/c1-4-11-10-17(3)7-6-8-18(11)13-9-14(19)16-12(5-2)15-13/h9,11H,4-8,10H2,1-3H3,(H,15,16,19). The van der Waals surface area contributed by atoms with Crippen LogP contribution < -0.4 is 10.5 Å². The molecule has 1 aliphatic heterocycles. The highest BCUT2D eigenvalue weighted by atomic mass is 16.1. The third kappa shape index (κ3) is 3.35. The fourth-order valence-corrected chi connectivity index (χ4v) is 2.70. The van der Waals surface area contributed by atoms with Crippen molar-refractivity contribution >= 4 is 5.82 Å². The SMILES string of the molecule is CCc1nc(N2CCCN(C)CC2CC)cc(=O)[nH]1. The highest BCUT2D eigenvalue weighted by Gasteiger charge is 2.23. The van der Waals surface area contributed by atoms with Gasteiger partial charge in [-0.15, -0.1) is 0 Å². The molecule has 0 amide bonds. The Morgan fingerprint density at radius 3 is 2.89 bits per heavy atom. The van der Waals surface area contributed by atoms with Crippen LogP contribution in [0.5, 0.6) is 0 Å². The van der Waals surface area contributed by atoms with E-state index in [1.54, 1.807) is 6.07 Å². The molecule has 2 rings (SSSR count). The molecule has 1 fully saturated rings. The highest BCUT2D eigenvalue weighted by Crippen LogP contribution is 2.18. The smallest absolute Gasteiger partial charge is 0.252 e. The second-order valence-electron chi connectivity index (χ2n) is 5.28. The van der Waals surface area contributed by atoms with Gasteiger partial charge in [-0.1, -0.05) is 13.8 Å². The van der Waals surface area contributed by atoms with E-state index in [1.807, 2.05) is 6.92 Å². The lowest BCUT2D eigenvalue weighted by molar-refractivity contribution is 0.327. The van der Waals surface area contributed by atoms with Crippen LogP contribution in [0.4, 0.5) is 5.82 Å². The number of nitrogens with one attached hydrogen (secondary N) is 1. The van der Waals surface area contributed by atoms with Gasteiger partial charge >= 0.3 is 0 Å². The van der Waals surface area contributed by atoms with Crippen LogP contribution in [0.2, 0.25) is 0 Å². The maximum atomic E-state index is 11.7. The number of hydrogen-bond donors (Lipinski definition) is 1. The van der Waals surface area contributed by atoms with E-state index in [1.165, 1.54) is 0 Å². The summed E-state index contributed by atoms with van der Waals surface area (Å²) in [6.07, 6.45) is 2.94. The monoisotopic (exact) mass is 264 g/mol. The molecular weight excluding hydrogens is 240 g/mol. The molecule has 1 saturated heterocycles. The van der Waals surface area contributed by atoms with Crippen LogP contribution in [-0.2, 0) is 6.42 Å². The quantitative estimate of drug-likeness (QED) is 0.893. The number of aromatic amines is 1. The van der Waals surface area contributed by atoms with Gasteiger partial charge in [-0.3, -0.25) is 4.79 Å². The molecule has 0 saturated carbocycles. The van der Waals surface area contributed by atoms with Crippen molar-refractivity contribution in [2.75, 3.05) is 31.6 Å². The normalized spacial score (nSPS) is 21.4. The Bertz CT molecular complexity index is 471. The summed E-state index contributed by atoms with van der Waals surface area (Å²) < 4.78 is 0. The Hall–Kier alpha value is -1.36. The topological polar surface area (TPSA) is 52.2 Å². The third-order valence-corrected chi connectivity index (χ3v) is 3.78. The highest BCUT2D eigenvalue weighted by molar-refractivity contribution is 5.39. The molecule has 0 spiro atoms. The number of nitrogens with zero attached hydrogens (tertiary/aromatic N) is 3. The molecule has 5 nitrogen and oxygen atoms in total. The van der Waals surface area contributed by atoms with Crippen LogP contribution in [0.15, 0.2) is 10.9 Å². The van der Waals surface area contributed by atoms with E-state index in [-0.39, 0.29) is 5.56 Å². The van der Waals surface area contributed by atoms with Crippen molar-refractivity contribution in [3.05, 3.63) is 22.2 Å². The van der Waals surface area contributed by atoms with Crippen LogP contribution in [0.1, 0.15) is 32.5 Å². The molecule has 1 N–H and O–H groups in total. The van der Waals surface area contributed by atoms with Gasteiger partial charge in [0.05, 0.1) is 0 Å². The summed E-state index contributed by atoms with van der Waals surface area (Å²) in [5, 5.41) is 0. The van der Waals surface area contributed by atoms with Crippen molar-refractivity contribution in [1.29, 1.82) is 0 Å². The molecule has 0 aliphatic carbocycles. The lowest BCUT2D eigenvalue weighted by atomic mass is 10.2. The number of aromatic nitrogens is 2. The van der Waals surface area contributed by atoms with Crippen LogP contribution in [0.25, 0.3) is 0 Å². The average Bonchev–Trinajstić information content (AvgIpc) is 2.59. The van der Waals surface area contributed by atoms with Gasteiger partial charge in [0.2, 0.25) is 0 Å². The maximum absolute atomic E-state index is 11.7. The van der Waals surface area contributed by atoms with E-state index in [0.717, 1.165) is 50.5 Å². The summed E-state index contributed by atoms with van der Waals surface area (Å²) in [4.78, 5) is 23.8. The van der Waals surface area contributed by atoms with E-state index >= 15 is 0 Å². The van der Waals surface area contributed by atoms with Gasteiger partial charge < -0.3 is 14.8 Å². The first-order valence-corrected chi connectivity index (χ1v) is 7.19. The zero-order valence-electron chi connectivity index (χ0n) is 12.1. The number of aryl methyl sites for hydroxylation is 1. The Morgan fingerprint density at radius 2 is 2.21 bits per heavy atom. The summed E-state index contributed by atoms with van der Waals surface area (Å²) in [6, 6.07) is 2.07. The first-order chi connectivity index (χ1) is 9.13. The predicted molar refractivity (Wildman–Crippen MR) is 77.8 cm³/mol. The molecule has 5 heteroatoms. The van der Waals surface area contributed by atoms with E-state index in [0.29, 0.717) is 6.04 Å². The summed E-state index contributed by atoms with van der Waals surface area (Å²) in [5.41, 5.74) is -0.0469. The molecule has 1 unspecified atom stereocenters. The number of hydrogen-bond acceptors (Lipinski definition) is 4. The number of rotatable bonds is 3. The predicted octanol–water partition coefficient (Wildman–Crippen LogP) is 1.25. The van der Waals surface area contributed by atoms with Crippen molar-refractivity contribution in [2.24, 2.45) is 0 Å². The molecule has 0 radical (unpaired) electrons. The minimum absolute atomic E-state index is 0.0469. The fraction of sp³-hybridized carbons (Fsp3) is 0.714. The Morgan fingerprint density at radius 1 is 1.42 bits per heavy atom. The van der Waals surface area contributed by atoms with E-state index in [4.69, 9.17) is 0 Å². The largest absolute Gasteiger partial charge is 0.352 e. The first-order valence-electron chi connectivity index (χ1n) is 7.19. The molecule has 0 aromatic carbocycles. The minimum Gasteiger partial charge on any atom is -0.352 e. The molecule has 0 bridgehead atoms. The second kappa shape index (κ2) is 6.19. The molecular formula is C14H24N4O. The van der Waals surface area contributed by atoms with Gasteiger partial charge in [-0.25, -0.2) is 4.98 Å². The van der Waals surface area contributed by atoms with Crippen LogP contribution >= 0.6 is 0 Å². The van der Waals surface area contributed by atoms with E-state index < -0.39 is 0 Å². The minimum atomic E-state index is -0.0469. The molecule has 1 aliphatic rings. The van der Waals surface area contributed by atoms with Gasteiger partial charge in [0.25, 0.3) is 5.56 Å². The number of likely N-dealkylation sites (N-methyl/N-ethyl adjacent to an activating group) is 1. The molecule has 1 atom stereocenters. The summed E-state index contributed by atoms with van der Waals surface area (Å²) in [6.45, 7) is 7.33. The van der Waals surface area contributed by atoms with Gasteiger partial charge in [0.15, 0.2) is 0 Å². The van der Waals surface area contributed by atoms with Crippen molar-refractivity contribution < 1.29 is 0 Å². The zero-order valence-corrected chi connectivity index (χ0v) is 12.1. The Labute approximate surface area is 114 Å². The van der Waals surface area contributed by atoms with E-state index in [2.05, 4.69) is 33.7 Å². The Balaban J connectivity index is 2.32. The average molecular weight is 264 g/mol. The van der Waals surface area contributed by atoms with E-state index in [9.17, 15) is 4.79 Å². The van der Waals surface area contributed by atoms with Gasteiger partial charge in [0.1, 0.15) is 11.6 Å².